The van der Waals surface area contributed by atoms with Crippen LogP contribution in [0.2, 0.25) is 0 Å². The van der Waals surface area contributed by atoms with Gasteiger partial charge in [-0.05, 0) is 68.3 Å². The van der Waals surface area contributed by atoms with Gasteiger partial charge in [0.05, 0.1) is 0 Å². The fraction of sp³-hybridized carbons (Fsp3) is 0.600. The fourth-order valence-electron chi connectivity index (χ4n) is 4.19. The van der Waals surface area contributed by atoms with Crippen molar-refractivity contribution in [3.63, 3.8) is 0 Å². The van der Waals surface area contributed by atoms with Crippen LogP contribution in [0.5, 0.6) is 0 Å². The average molecular weight is 328 g/mol. The molecule has 0 aliphatic carbocycles. The molecule has 2 fully saturated rings. The van der Waals surface area contributed by atoms with Crippen LogP contribution in [-0.2, 0) is 9.47 Å². The highest BCUT2D eigenvalue weighted by Gasteiger charge is 2.25. The van der Waals surface area contributed by atoms with E-state index in [1.54, 1.807) is 12.5 Å². The van der Waals surface area contributed by atoms with Gasteiger partial charge in [-0.3, -0.25) is 0 Å². The molecule has 4 heteroatoms. The maximum Gasteiger partial charge on any atom is 0.239 e. The first kappa shape index (κ1) is 15.8. The number of hydrogen-bond acceptors (Lipinski definition) is 4. The van der Waals surface area contributed by atoms with Crippen LogP contribution >= 0.6 is 0 Å². The first-order valence-electron chi connectivity index (χ1n) is 9.40. The number of anilines is 1. The zero-order valence-electron chi connectivity index (χ0n) is 14.3. The third-order valence-corrected chi connectivity index (χ3v) is 5.73. The Morgan fingerprint density at radius 2 is 1.58 bits per heavy atom. The van der Waals surface area contributed by atoms with Crippen molar-refractivity contribution in [1.29, 1.82) is 0 Å². The summed E-state index contributed by atoms with van der Waals surface area (Å²) >= 11 is 0. The quantitative estimate of drug-likeness (QED) is 0.915. The molecule has 4 rings (SSSR count). The van der Waals surface area contributed by atoms with Gasteiger partial charge >= 0.3 is 0 Å². The first-order chi connectivity index (χ1) is 11.9. The van der Waals surface area contributed by atoms with Gasteiger partial charge in [0.25, 0.3) is 0 Å². The Balaban J connectivity index is 1.28. The van der Waals surface area contributed by atoms with Crippen molar-refractivity contribution in [2.24, 2.45) is 5.92 Å². The Kier molecular flexibility index (Phi) is 4.93. The summed E-state index contributed by atoms with van der Waals surface area (Å²) in [6.45, 7) is 4.59. The van der Waals surface area contributed by atoms with Crippen LogP contribution in [-0.4, -0.2) is 32.5 Å². The summed E-state index contributed by atoms with van der Waals surface area (Å²) in [5, 5.41) is 3.45. The lowest BCUT2D eigenvalue weighted by atomic mass is 9.90. The molecule has 0 saturated carbocycles. The molecule has 4 nitrogen and oxygen atoms in total. The molecule has 0 atom stereocenters. The van der Waals surface area contributed by atoms with Gasteiger partial charge in [-0.2, -0.15) is 0 Å². The first-order valence-corrected chi connectivity index (χ1v) is 9.40. The Bertz CT molecular complexity index is 535. The SMILES string of the molecule is C1=COC(CC2CCN(c3ccc(C4CCNCC4)cc3)CC2)O1. The molecule has 1 aromatic carbocycles. The van der Waals surface area contributed by atoms with Gasteiger partial charge in [0.1, 0.15) is 12.5 Å². The summed E-state index contributed by atoms with van der Waals surface area (Å²) < 4.78 is 10.8. The van der Waals surface area contributed by atoms with Crippen molar-refractivity contribution in [3.05, 3.63) is 42.4 Å². The van der Waals surface area contributed by atoms with E-state index in [1.807, 2.05) is 0 Å². The van der Waals surface area contributed by atoms with Crippen LogP contribution in [0.3, 0.4) is 0 Å². The van der Waals surface area contributed by atoms with Gasteiger partial charge in [-0.15, -0.1) is 0 Å². The van der Waals surface area contributed by atoms with Crippen LogP contribution in [0.25, 0.3) is 0 Å². The fourth-order valence-corrected chi connectivity index (χ4v) is 4.19. The minimum atomic E-state index is -0.0502. The smallest absolute Gasteiger partial charge is 0.239 e. The van der Waals surface area contributed by atoms with Crippen molar-refractivity contribution in [3.8, 4) is 0 Å². The lowest BCUT2D eigenvalue weighted by molar-refractivity contribution is -0.0411. The van der Waals surface area contributed by atoms with Crippen molar-refractivity contribution < 1.29 is 9.47 Å². The second kappa shape index (κ2) is 7.47. The number of benzene rings is 1. The average Bonchev–Trinajstić information content (AvgIpc) is 3.16. The Hall–Kier alpha value is -1.68. The highest BCUT2D eigenvalue weighted by atomic mass is 16.7. The number of piperidine rings is 2. The zero-order valence-corrected chi connectivity index (χ0v) is 14.3. The Morgan fingerprint density at radius 1 is 0.917 bits per heavy atom. The van der Waals surface area contributed by atoms with Crippen LogP contribution in [0.1, 0.15) is 43.6 Å². The third-order valence-electron chi connectivity index (χ3n) is 5.73. The summed E-state index contributed by atoms with van der Waals surface area (Å²) in [4.78, 5) is 2.53. The van der Waals surface area contributed by atoms with Crippen molar-refractivity contribution in [1.82, 2.24) is 5.32 Å². The molecule has 3 heterocycles. The van der Waals surface area contributed by atoms with Crippen LogP contribution in [0, 0.1) is 5.92 Å². The summed E-state index contributed by atoms with van der Waals surface area (Å²) in [6, 6.07) is 9.35. The van der Waals surface area contributed by atoms with Crippen molar-refractivity contribution >= 4 is 5.69 Å². The van der Waals surface area contributed by atoms with E-state index in [0.29, 0.717) is 5.92 Å². The molecule has 0 amide bonds. The van der Waals surface area contributed by atoms with E-state index in [-0.39, 0.29) is 6.29 Å². The van der Waals surface area contributed by atoms with Crippen molar-refractivity contribution in [2.45, 2.75) is 44.3 Å². The topological polar surface area (TPSA) is 33.7 Å². The number of nitrogens with one attached hydrogen (secondary N) is 1. The predicted molar refractivity (Wildman–Crippen MR) is 95.9 cm³/mol. The van der Waals surface area contributed by atoms with E-state index in [1.165, 1.54) is 36.9 Å². The van der Waals surface area contributed by atoms with Gasteiger partial charge in [-0.25, -0.2) is 0 Å². The van der Waals surface area contributed by atoms with Gasteiger partial charge in [0.2, 0.25) is 6.29 Å². The lowest BCUT2D eigenvalue weighted by Gasteiger charge is -2.34. The summed E-state index contributed by atoms with van der Waals surface area (Å²) in [5.41, 5.74) is 2.89. The van der Waals surface area contributed by atoms with Gasteiger partial charge < -0.3 is 19.7 Å². The summed E-state index contributed by atoms with van der Waals surface area (Å²) in [7, 11) is 0. The minimum absolute atomic E-state index is 0.0502. The van der Waals surface area contributed by atoms with Crippen molar-refractivity contribution in [2.75, 3.05) is 31.1 Å². The van der Waals surface area contributed by atoms with Crippen LogP contribution < -0.4 is 10.2 Å². The molecule has 3 aliphatic heterocycles. The maximum atomic E-state index is 5.42. The van der Waals surface area contributed by atoms with Gasteiger partial charge in [0.15, 0.2) is 0 Å². The van der Waals surface area contributed by atoms with E-state index in [4.69, 9.17) is 9.47 Å². The standard InChI is InChI=1S/C20H28N2O2/c1-3-19(4-2-17(1)18-5-9-21-10-6-18)22-11-7-16(8-12-22)15-20-23-13-14-24-20/h1-4,13-14,16,18,20-21H,5-12,15H2. The Morgan fingerprint density at radius 3 is 2.25 bits per heavy atom. The summed E-state index contributed by atoms with van der Waals surface area (Å²) in [5.74, 6) is 1.45. The highest BCUT2D eigenvalue weighted by Crippen LogP contribution is 2.30. The molecule has 24 heavy (non-hydrogen) atoms. The van der Waals surface area contributed by atoms with Gasteiger partial charge in [-0.1, -0.05) is 12.1 Å². The van der Waals surface area contributed by atoms with E-state index >= 15 is 0 Å². The second-order valence-electron chi connectivity index (χ2n) is 7.26. The molecular weight excluding hydrogens is 300 g/mol. The van der Waals surface area contributed by atoms with E-state index in [9.17, 15) is 0 Å². The summed E-state index contributed by atoms with van der Waals surface area (Å²) in [6.07, 6.45) is 9.25. The van der Waals surface area contributed by atoms with Crippen LogP contribution in [0.4, 0.5) is 5.69 Å². The molecule has 0 spiro atoms. The molecule has 0 aromatic heterocycles. The molecule has 1 aromatic rings. The molecule has 3 aliphatic rings. The highest BCUT2D eigenvalue weighted by molar-refractivity contribution is 5.48. The molecular formula is C20H28N2O2. The largest absolute Gasteiger partial charge is 0.459 e. The number of hydrogen-bond donors (Lipinski definition) is 1. The molecule has 0 radical (unpaired) electrons. The molecule has 2 saturated heterocycles. The molecule has 0 bridgehead atoms. The second-order valence-corrected chi connectivity index (χ2v) is 7.26. The van der Waals surface area contributed by atoms with E-state index < -0.39 is 0 Å². The molecule has 0 unspecified atom stereocenters. The third kappa shape index (κ3) is 3.69. The molecule has 1 N–H and O–H groups in total. The number of ether oxygens (including phenoxy) is 2. The monoisotopic (exact) mass is 328 g/mol. The van der Waals surface area contributed by atoms with E-state index in [0.717, 1.165) is 38.5 Å². The molecule has 130 valence electrons. The van der Waals surface area contributed by atoms with E-state index in [2.05, 4.69) is 34.5 Å². The minimum Gasteiger partial charge on any atom is -0.459 e. The van der Waals surface area contributed by atoms with Gasteiger partial charge in [0, 0.05) is 25.2 Å². The number of rotatable bonds is 4. The predicted octanol–water partition coefficient (Wildman–Crippen LogP) is 3.60. The Labute approximate surface area is 144 Å². The number of nitrogens with zero attached hydrogens (tertiary/aromatic N) is 1. The maximum absolute atomic E-state index is 5.42. The lowest BCUT2D eigenvalue weighted by Crippen LogP contribution is -2.34. The normalized spacial score (nSPS) is 23.2. The van der Waals surface area contributed by atoms with Crippen LogP contribution in [0.15, 0.2) is 36.8 Å². The zero-order chi connectivity index (χ0) is 16.2.